The van der Waals surface area contributed by atoms with Gasteiger partial charge in [0.1, 0.15) is 23.8 Å². The second-order valence-electron chi connectivity index (χ2n) is 6.31. The van der Waals surface area contributed by atoms with Crippen LogP contribution in [-0.4, -0.2) is 42.1 Å². The van der Waals surface area contributed by atoms with Crippen molar-refractivity contribution in [3.8, 4) is 0 Å². The minimum absolute atomic E-state index is 0.00233. The predicted molar refractivity (Wildman–Crippen MR) is 111 cm³/mol. The normalized spacial score (nSPS) is 10.7. The summed E-state index contributed by atoms with van der Waals surface area (Å²) in [5, 5.41) is 3.52. The molecule has 3 aromatic rings. The molecule has 0 saturated heterocycles. The highest BCUT2D eigenvalue weighted by atomic mass is 35.5. The van der Waals surface area contributed by atoms with Crippen molar-refractivity contribution in [2.45, 2.75) is 6.42 Å². The van der Waals surface area contributed by atoms with Crippen molar-refractivity contribution in [1.29, 1.82) is 0 Å². The summed E-state index contributed by atoms with van der Waals surface area (Å²) >= 11 is 5.73. The molecule has 0 unspecified atom stereocenters. The minimum Gasteiger partial charge on any atom is -0.396 e. The Morgan fingerprint density at radius 3 is 2.46 bits per heavy atom. The molecule has 0 aliphatic carbocycles. The molecule has 1 heterocycles. The highest BCUT2D eigenvalue weighted by molar-refractivity contribution is 6.31. The van der Waals surface area contributed by atoms with Crippen molar-refractivity contribution in [3.05, 3.63) is 53.3 Å². The average Bonchev–Trinajstić information content (AvgIpc) is 2.65. The SMILES string of the molecule is CN(C)CCCN.Nc1cc2c(Nc3ccc(F)c(Cl)c3)ncnc2cc1F. The van der Waals surface area contributed by atoms with Gasteiger partial charge in [-0.15, -0.1) is 0 Å². The molecule has 28 heavy (non-hydrogen) atoms. The standard InChI is InChI=1S/C14H9ClF2N4.C5H14N2/c15-9-3-7(1-2-10(9)16)21-14-8-4-12(18)11(17)5-13(8)19-6-20-14;1-7(2)5-3-4-6/h1-6H,18H2,(H,19,20,21);3-6H2,1-2H3. The van der Waals surface area contributed by atoms with Crippen LogP contribution in [0.1, 0.15) is 6.42 Å². The Kier molecular flexibility index (Phi) is 7.86. The van der Waals surface area contributed by atoms with Crippen LogP contribution in [0.25, 0.3) is 10.9 Å². The van der Waals surface area contributed by atoms with Crippen LogP contribution in [0.5, 0.6) is 0 Å². The first-order valence-corrected chi connectivity index (χ1v) is 8.96. The molecule has 0 fully saturated rings. The van der Waals surface area contributed by atoms with Gasteiger partial charge in [0.25, 0.3) is 0 Å². The van der Waals surface area contributed by atoms with Gasteiger partial charge < -0.3 is 21.7 Å². The van der Waals surface area contributed by atoms with Gasteiger partial charge in [0.15, 0.2) is 0 Å². The Morgan fingerprint density at radius 1 is 1.11 bits per heavy atom. The molecule has 0 saturated carbocycles. The molecule has 0 aliphatic rings. The Labute approximate surface area is 167 Å². The van der Waals surface area contributed by atoms with Crippen LogP contribution in [0.15, 0.2) is 36.7 Å². The van der Waals surface area contributed by atoms with Gasteiger partial charge in [0.2, 0.25) is 0 Å². The van der Waals surface area contributed by atoms with Crippen LogP contribution in [-0.2, 0) is 0 Å². The number of hydrogen-bond donors (Lipinski definition) is 3. The number of benzene rings is 2. The molecule has 6 nitrogen and oxygen atoms in total. The fourth-order valence-electron chi connectivity index (χ4n) is 2.31. The van der Waals surface area contributed by atoms with E-state index in [1.165, 1.54) is 36.7 Å². The molecule has 0 amide bonds. The van der Waals surface area contributed by atoms with Gasteiger partial charge in [0, 0.05) is 17.1 Å². The number of rotatable bonds is 5. The minimum atomic E-state index is -0.544. The topological polar surface area (TPSA) is 93.1 Å². The molecule has 3 rings (SSSR count). The van der Waals surface area contributed by atoms with E-state index in [0.29, 0.717) is 22.4 Å². The van der Waals surface area contributed by atoms with Gasteiger partial charge >= 0.3 is 0 Å². The van der Waals surface area contributed by atoms with E-state index in [1.54, 1.807) is 0 Å². The van der Waals surface area contributed by atoms with Gasteiger partial charge in [-0.3, -0.25) is 0 Å². The molecule has 150 valence electrons. The number of nitrogens with one attached hydrogen (secondary N) is 1. The third kappa shape index (κ3) is 5.98. The number of hydrogen-bond acceptors (Lipinski definition) is 6. The molecule has 0 spiro atoms. The second kappa shape index (κ2) is 10.1. The van der Waals surface area contributed by atoms with Gasteiger partial charge in [-0.05, 0) is 57.9 Å². The van der Waals surface area contributed by atoms with Crippen LogP contribution < -0.4 is 16.8 Å². The lowest BCUT2D eigenvalue weighted by Crippen LogP contribution is -2.16. The molecule has 0 radical (unpaired) electrons. The van der Waals surface area contributed by atoms with E-state index in [4.69, 9.17) is 23.1 Å². The zero-order chi connectivity index (χ0) is 20.7. The zero-order valence-electron chi connectivity index (χ0n) is 15.7. The number of fused-ring (bicyclic) bond motifs is 1. The predicted octanol–water partition coefficient (Wildman–Crippen LogP) is 3.78. The third-order valence-corrected chi connectivity index (χ3v) is 4.04. The lowest BCUT2D eigenvalue weighted by molar-refractivity contribution is 0.403. The number of nitrogens with two attached hydrogens (primary N) is 2. The second-order valence-corrected chi connectivity index (χ2v) is 6.72. The van der Waals surface area contributed by atoms with Crippen LogP contribution in [0.3, 0.4) is 0 Å². The quantitative estimate of drug-likeness (QED) is 0.556. The van der Waals surface area contributed by atoms with E-state index in [1.807, 2.05) is 0 Å². The molecular formula is C19H23ClF2N6. The van der Waals surface area contributed by atoms with Crippen LogP contribution in [0.4, 0.5) is 26.0 Å². The summed E-state index contributed by atoms with van der Waals surface area (Å²) < 4.78 is 26.6. The maximum atomic E-state index is 13.4. The smallest absolute Gasteiger partial charge is 0.148 e. The fourth-order valence-corrected chi connectivity index (χ4v) is 2.49. The van der Waals surface area contributed by atoms with Crippen LogP contribution in [0, 0.1) is 11.6 Å². The Morgan fingerprint density at radius 2 is 1.86 bits per heavy atom. The molecule has 5 N–H and O–H groups in total. The zero-order valence-corrected chi connectivity index (χ0v) is 16.5. The lowest BCUT2D eigenvalue weighted by atomic mass is 10.2. The molecule has 0 bridgehead atoms. The molecule has 0 atom stereocenters. The molecule has 0 aliphatic heterocycles. The highest BCUT2D eigenvalue weighted by Gasteiger charge is 2.09. The number of anilines is 3. The van der Waals surface area contributed by atoms with Gasteiger partial charge in [-0.25, -0.2) is 18.7 Å². The lowest BCUT2D eigenvalue weighted by Gasteiger charge is -2.09. The number of nitrogen functional groups attached to an aromatic ring is 1. The van der Waals surface area contributed by atoms with Crippen molar-refractivity contribution >= 4 is 39.7 Å². The van der Waals surface area contributed by atoms with Crippen LogP contribution >= 0.6 is 11.6 Å². The van der Waals surface area contributed by atoms with Crippen LogP contribution in [0.2, 0.25) is 5.02 Å². The van der Waals surface area contributed by atoms with E-state index >= 15 is 0 Å². The van der Waals surface area contributed by atoms with Crippen molar-refractivity contribution in [2.24, 2.45) is 5.73 Å². The first-order chi connectivity index (χ1) is 13.3. The summed E-state index contributed by atoms with van der Waals surface area (Å²) in [6.07, 6.45) is 2.40. The van der Waals surface area contributed by atoms with E-state index in [-0.39, 0.29) is 10.7 Å². The number of halogens is 3. The summed E-state index contributed by atoms with van der Waals surface area (Å²) in [5.74, 6) is -0.632. The summed E-state index contributed by atoms with van der Waals surface area (Å²) in [5.41, 5.74) is 11.8. The van der Waals surface area contributed by atoms with Crippen molar-refractivity contribution < 1.29 is 8.78 Å². The summed E-state index contributed by atoms with van der Waals surface area (Å²) in [7, 11) is 4.10. The third-order valence-electron chi connectivity index (χ3n) is 3.75. The molecule has 2 aromatic carbocycles. The van der Waals surface area contributed by atoms with Crippen molar-refractivity contribution in [1.82, 2.24) is 14.9 Å². The highest BCUT2D eigenvalue weighted by Crippen LogP contribution is 2.28. The average molecular weight is 409 g/mol. The van der Waals surface area contributed by atoms with Crippen molar-refractivity contribution in [3.63, 3.8) is 0 Å². The first kappa shape index (κ1) is 21.7. The summed E-state index contributed by atoms with van der Waals surface area (Å²) in [6.45, 7) is 1.91. The van der Waals surface area contributed by atoms with Gasteiger partial charge in [-0.1, -0.05) is 11.6 Å². The van der Waals surface area contributed by atoms with E-state index in [2.05, 4.69) is 34.3 Å². The van der Waals surface area contributed by atoms with E-state index in [9.17, 15) is 8.78 Å². The molecule has 9 heteroatoms. The van der Waals surface area contributed by atoms with E-state index < -0.39 is 11.6 Å². The maximum Gasteiger partial charge on any atom is 0.148 e. The number of aromatic nitrogens is 2. The maximum absolute atomic E-state index is 13.4. The van der Waals surface area contributed by atoms with Crippen molar-refractivity contribution in [2.75, 3.05) is 38.2 Å². The van der Waals surface area contributed by atoms with Gasteiger partial charge in [-0.2, -0.15) is 0 Å². The summed E-state index contributed by atoms with van der Waals surface area (Å²) in [4.78, 5) is 10.2. The molecule has 1 aromatic heterocycles. The Balaban J connectivity index is 0.000000345. The Hall–Kier alpha value is -2.55. The van der Waals surface area contributed by atoms with Gasteiger partial charge in [0.05, 0.1) is 16.2 Å². The monoisotopic (exact) mass is 408 g/mol. The first-order valence-electron chi connectivity index (χ1n) is 8.58. The summed E-state index contributed by atoms with van der Waals surface area (Å²) in [6, 6.07) is 6.86. The molecular weight excluding hydrogens is 386 g/mol. The Bertz CT molecular complexity index is 936. The van der Waals surface area contributed by atoms with E-state index in [0.717, 1.165) is 19.5 Å². The number of nitrogens with zero attached hydrogens (tertiary/aromatic N) is 3. The largest absolute Gasteiger partial charge is 0.396 e. The fraction of sp³-hybridized carbons (Fsp3) is 0.263.